The van der Waals surface area contributed by atoms with Gasteiger partial charge in [0.25, 0.3) is 0 Å². The molecule has 3 nitrogen and oxygen atoms in total. The van der Waals surface area contributed by atoms with Gasteiger partial charge in [-0.05, 0) is 25.5 Å². The van der Waals surface area contributed by atoms with Gasteiger partial charge < -0.3 is 0 Å². The summed E-state index contributed by atoms with van der Waals surface area (Å²) in [7, 11) is 0. The maximum atomic E-state index is 10.7. The van der Waals surface area contributed by atoms with Crippen LogP contribution in [0.3, 0.4) is 0 Å². The van der Waals surface area contributed by atoms with E-state index in [0.29, 0.717) is 5.25 Å². The molecular formula is C9H16N2OS. The van der Waals surface area contributed by atoms with Crippen molar-refractivity contribution in [3.63, 3.8) is 0 Å². The fourth-order valence-electron chi connectivity index (χ4n) is 1.50. The fourth-order valence-corrected chi connectivity index (χ4v) is 2.34. The second-order valence-corrected chi connectivity index (χ2v) is 4.28. The van der Waals surface area contributed by atoms with Crippen molar-refractivity contribution in [1.29, 1.82) is 0 Å². The molecule has 0 radical (unpaired) electrons. The third-order valence-electron chi connectivity index (χ3n) is 2.16. The molecule has 4 heteroatoms. The highest BCUT2D eigenvalue weighted by atomic mass is 32.2. The standard InChI is InChI=1S/C9H16N2OS/c1-7(12)10-11-8-5-3-4-6-9(8)13-2/h9H,3-6H2,1-2H3,(H,10,12)/b11-8-. The van der Waals surface area contributed by atoms with E-state index in [1.807, 2.05) is 11.8 Å². The van der Waals surface area contributed by atoms with Gasteiger partial charge in [0.15, 0.2) is 0 Å². The van der Waals surface area contributed by atoms with Gasteiger partial charge >= 0.3 is 0 Å². The summed E-state index contributed by atoms with van der Waals surface area (Å²) in [6, 6.07) is 0. The second-order valence-electron chi connectivity index (χ2n) is 3.24. The van der Waals surface area contributed by atoms with Crippen LogP contribution in [-0.2, 0) is 4.79 Å². The zero-order valence-corrected chi connectivity index (χ0v) is 8.99. The summed E-state index contributed by atoms with van der Waals surface area (Å²) in [4.78, 5) is 10.7. The first kappa shape index (κ1) is 10.6. The van der Waals surface area contributed by atoms with Gasteiger partial charge in [0.1, 0.15) is 0 Å². The fraction of sp³-hybridized carbons (Fsp3) is 0.778. The number of amides is 1. The lowest BCUT2D eigenvalue weighted by molar-refractivity contribution is -0.118. The molecule has 74 valence electrons. The molecule has 1 amide bonds. The van der Waals surface area contributed by atoms with Crippen LogP contribution >= 0.6 is 11.8 Å². The van der Waals surface area contributed by atoms with Crippen molar-refractivity contribution in [1.82, 2.24) is 5.43 Å². The summed E-state index contributed by atoms with van der Waals surface area (Å²) >= 11 is 1.82. The zero-order chi connectivity index (χ0) is 9.68. The highest BCUT2D eigenvalue weighted by molar-refractivity contribution is 7.99. The quantitative estimate of drug-likeness (QED) is 0.690. The molecule has 1 aliphatic carbocycles. The predicted octanol–water partition coefficient (Wildman–Crippen LogP) is 1.78. The molecule has 13 heavy (non-hydrogen) atoms. The summed E-state index contributed by atoms with van der Waals surface area (Å²) < 4.78 is 0. The summed E-state index contributed by atoms with van der Waals surface area (Å²) in [5, 5.41) is 4.65. The maximum absolute atomic E-state index is 10.7. The van der Waals surface area contributed by atoms with Crippen LogP contribution in [0.15, 0.2) is 5.10 Å². The van der Waals surface area contributed by atoms with Crippen LogP contribution in [0.4, 0.5) is 0 Å². The molecular weight excluding hydrogens is 184 g/mol. The Morgan fingerprint density at radius 1 is 1.62 bits per heavy atom. The first-order chi connectivity index (χ1) is 6.24. The third kappa shape index (κ3) is 3.38. The molecule has 1 aliphatic rings. The number of carbonyl (C=O) groups excluding carboxylic acids is 1. The van der Waals surface area contributed by atoms with E-state index in [0.717, 1.165) is 12.1 Å². The molecule has 0 aromatic carbocycles. The lowest BCUT2D eigenvalue weighted by Crippen LogP contribution is -2.25. The normalized spacial score (nSPS) is 26.0. The maximum Gasteiger partial charge on any atom is 0.236 e. The predicted molar refractivity (Wildman–Crippen MR) is 57.0 cm³/mol. The Balaban J connectivity index is 2.52. The van der Waals surface area contributed by atoms with E-state index < -0.39 is 0 Å². The molecule has 0 aromatic heterocycles. The average Bonchev–Trinajstić information content (AvgIpc) is 2.15. The number of hydrogen-bond donors (Lipinski definition) is 1. The van der Waals surface area contributed by atoms with Gasteiger partial charge in [0, 0.05) is 12.2 Å². The number of thioether (sulfide) groups is 1. The molecule has 1 unspecified atom stereocenters. The van der Waals surface area contributed by atoms with Gasteiger partial charge in [-0.2, -0.15) is 16.9 Å². The highest BCUT2D eigenvalue weighted by Crippen LogP contribution is 2.24. The van der Waals surface area contributed by atoms with Gasteiger partial charge in [-0.25, -0.2) is 5.43 Å². The molecule has 0 heterocycles. The Morgan fingerprint density at radius 2 is 2.38 bits per heavy atom. The lowest BCUT2D eigenvalue weighted by Gasteiger charge is -2.21. The van der Waals surface area contributed by atoms with E-state index in [-0.39, 0.29) is 5.91 Å². The van der Waals surface area contributed by atoms with Crippen molar-refractivity contribution in [2.45, 2.75) is 37.9 Å². The van der Waals surface area contributed by atoms with Crippen LogP contribution in [0.1, 0.15) is 32.6 Å². The number of nitrogens with one attached hydrogen (secondary N) is 1. The van der Waals surface area contributed by atoms with E-state index in [1.54, 1.807) is 0 Å². The molecule has 0 aliphatic heterocycles. The minimum Gasteiger partial charge on any atom is -0.274 e. The molecule has 0 saturated heterocycles. The van der Waals surface area contributed by atoms with Crippen LogP contribution in [0.2, 0.25) is 0 Å². The van der Waals surface area contributed by atoms with E-state index in [2.05, 4.69) is 16.8 Å². The van der Waals surface area contributed by atoms with Gasteiger partial charge in [0.2, 0.25) is 5.91 Å². The van der Waals surface area contributed by atoms with Crippen molar-refractivity contribution in [3.05, 3.63) is 0 Å². The monoisotopic (exact) mass is 200 g/mol. The van der Waals surface area contributed by atoms with Crippen LogP contribution in [0.5, 0.6) is 0 Å². The minimum absolute atomic E-state index is 0.0853. The summed E-state index contributed by atoms with van der Waals surface area (Å²) in [5.74, 6) is -0.0853. The first-order valence-corrected chi connectivity index (χ1v) is 5.88. The van der Waals surface area contributed by atoms with Crippen LogP contribution in [0.25, 0.3) is 0 Å². The Hall–Kier alpha value is -0.510. The van der Waals surface area contributed by atoms with E-state index in [4.69, 9.17) is 0 Å². The number of rotatable bonds is 2. The van der Waals surface area contributed by atoms with Crippen molar-refractivity contribution in [2.75, 3.05) is 6.26 Å². The van der Waals surface area contributed by atoms with Crippen LogP contribution in [0, 0.1) is 0 Å². The second kappa shape index (κ2) is 5.27. The largest absolute Gasteiger partial charge is 0.274 e. The van der Waals surface area contributed by atoms with E-state index in [9.17, 15) is 4.79 Å². The number of hydrogen-bond acceptors (Lipinski definition) is 3. The smallest absolute Gasteiger partial charge is 0.236 e. The van der Waals surface area contributed by atoms with Crippen molar-refractivity contribution < 1.29 is 4.79 Å². The van der Waals surface area contributed by atoms with E-state index in [1.165, 1.54) is 26.2 Å². The molecule has 1 atom stereocenters. The van der Waals surface area contributed by atoms with Gasteiger partial charge in [-0.15, -0.1) is 0 Å². The number of carbonyl (C=O) groups is 1. The SMILES string of the molecule is CSC1CCCC/C1=N/NC(C)=O. The number of nitrogens with zero attached hydrogens (tertiary/aromatic N) is 1. The summed E-state index contributed by atoms with van der Waals surface area (Å²) in [6.07, 6.45) is 6.81. The Morgan fingerprint density at radius 3 is 3.00 bits per heavy atom. The zero-order valence-electron chi connectivity index (χ0n) is 8.17. The molecule has 1 rings (SSSR count). The Kier molecular flexibility index (Phi) is 4.28. The molecule has 0 aromatic rings. The summed E-state index contributed by atoms with van der Waals surface area (Å²) in [6.45, 7) is 1.49. The Bertz CT molecular complexity index is 216. The lowest BCUT2D eigenvalue weighted by atomic mass is 9.98. The topological polar surface area (TPSA) is 41.5 Å². The van der Waals surface area contributed by atoms with Crippen molar-refractivity contribution in [3.8, 4) is 0 Å². The number of hydrazone groups is 1. The van der Waals surface area contributed by atoms with Gasteiger partial charge in [-0.1, -0.05) is 6.42 Å². The molecule has 1 saturated carbocycles. The average molecular weight is 200 g/mol. The summed E-state index contributed by atoms with van der Waals surface area (Å²) in [5.41, 5.74) is 3.66. The minimum atomic E-state index is -0.0853. The molecule has 1 N–H and O–H groups in total. The molecule has 1 fully saturated rings. The Labute approximate surface area is 83.4 Å². The van der Waals surface area contributed by atoms with Crippen molar-refractivity contribution >= 4 is 23.4 Å². The van der Waals surface area contributed by atoms with Crippen LogP contribution < -0.4 is 5.43 Å². The molecule has 0 spiro atoms. The van der Waals surface area contributed by atoms with E-state index >= 15 is 0 Å². The third-order valence-corrected chi connectivity index (χ3v) is 3.24. The van der Waals surface area contributed by atoms with Gasteiger partial charge in [-0.3, -0.25) is 4.79 Å². The highest BCUT2D eigenvalue weighted by Gasteiger charge is 2.19. The first-order valence-electron chi connectivity index (χ1n) is 4.60. The van der Waals surface area contributed by atoms with Gasteiger partial charge in [0.05, 0.1) is 5.71 Å². The van der Waals surface area contributed by atoms with Crippen molar-refractivity contribution in [2.24, 2.45) is 5.10 Å². The molecule has 0 bridgehead atoms. The van der Waals surface area contributed by atoms with Crippen LogP contribution in [-0.4, -0.2) is 23.1 Å².